The van der Waals surface area contributed by atoms with E-state index in [1.54, 1.807) is 6.92 Å². The highest BCUT2D eigenvalue weighted by Gasteiger charge is 2.33. The molecule has 9 heteroatoms. The molecule has 1 heterocycles. The van der Waals surface area contributed by atoms with E-state index in [1.807, 2.05) is 0 Å². The number of nitro benzene ring substituents is 1. The molecule has 0 radical (unpaired) electrons. The summed E-state index contributed by atoms with van der Waals surface area (Å²) in [5, 5.41) is 13.5. The smallest absolute Gasteiger partial charge is 0.270 e. The van der Waals surface area contributed by atoms with E-state index in [2.05, 4.69) is 11.2 Å². The summed E-state index contributed by atoms with van der Waals surface area (Å²) in [5.41, 5.74) is 0.173. The van der Waals surface area contributed by atoms with Gasteiger partial charge in [-0.3, -0.25) is 14.9 Å². The van der Waals surface area contributed by atoms with E-state index in [0.717, 1.165) is 6.07 Å². The molecule has 1 aromatic carbocycles. The molecule has 1 aliphatic rings. The lowest BCUT2D eigenvalue weighted by Gasteiger charge is -2.30. The molecular formula is C16H19N3O5S. The van der Waals surface area contributed by atoms with Crippen LogP contribution in [0, 0.1) is 35.3 Å². The standard InChI is InChI=1S/C16H19N3O5S/c1-3-8-17-16(20)13-6-9-18(10-7-13)25(23,24)15-11-14(19(21)22)5-4-12(15)2/h1,4-5,11,13H,6-10H2,2H3,(H,17,20). The molecule has 1 aliphatic heterocycles. The molecule has 2 rings (SSSR count). The summed E-state index contributed by atoms with van der Waals surface area (Å²) in [5.74, 6) is 1.85. The van der Waals surface area contributed by atoms with Gasteiger partial charge in [0.05, 0.1) is 16.4 Å². The van der Waals surface area contributed by atoms with Crippen molar-refractivity contribution in [1.82, 2.24) is 9.62 Å². The topological polar surface area (TPSA) is 110 Å². The van der Waals surface area contributed by atoms with Crippen molar-refractivity contribution in [2.75, 3.05) is 19.6 Å². The minimum atomic E-state index is -3.85. The summed E-state index contributed by atoms with van der Waals surface area (Å²) >= 11 is 0. The van der Waals surface area contributed by atoms with Crippen LogP contribution in [-0.4, -0.2) is 43.2 Å². The Labute approximate surface area is 146 Å². The summed E-state index contributed by atoms with van der Waals surface area (Å²) in [6.07, 6.45) is 5.85. The van der Waals surface area contributed by atoms with E-state index in [-0.39, 0.29) is 42.0 Å². The Hall–Kier alpha value is -2.44. The zero-order chi connectivity index (χ0) is 18.6. The highest BCUT2D eigenvalue weighted by molar-refractivity contribution is 7.89. The van der Waals surface area contributed by atoms with Crippen LogP contribution in [0.2, 0.25) is 0 Å². The van der Waals surface area contributed by atoms with Gasteiger partial charge in [0, 0.05) is 31.1 Å². The van der Waals surface area contributed by atoms with E-state index >= 15 is 0 Å². The summed E-state index contributed by atoms with van der Waals surface area (Å²) in [6, 6.07) is 3.78. The highest BCUT2D eigenvalue weighted by atomic mass is 32.2. The molecule has 0 saturated carbocycles. The monoisotopic (exact) mass is 365 g/mol. The lowest BCUT2D eigenvalue weighted by Crippen LogP contribution is -2.43. The SMILES string of the molecule is C#CCNC(=O)C1CCN(S(=O)(=O)c2cc([N+](=O)[O-])ccc2C)CC1. The average Bonchev–Trinajstić information content (AvgIpc) is 2.59. The molecular weight excluding hydrogens is 346 g/mol. The van der Waals surface area contributed by atoms with Crippen molar-refractivity contribution in [3.8, 4) is 12.3 Å². The number of nitrogens with zero attached hydrogens (tertiary/aromatic N) is 2. The lowest BCUT2D eigenvalue weighted by atomic mass is 9.97. The first kappa shape index (κ1) is 18.9. The Morgan fingerprint density at radius 1 is 1.44 bits per heavy atom. The Morgan fingerprint density at radius 2 is 2.08 bits per heavy atom. The van der Waals surface area contributed by atoms with Gasteiger partial charge in [-0.15, -0.1) is 6.42 Å². The molecule has 1 N–H and O–H groups in total. The number of nitrogens with one attached hydrogen (secondary N) is 1. The van der Waals surface area contributed by atoms with Crippen LogP contribution in [0.3, 0.4) is 0 Å². The number of terminal acetylenes is 1. The molecule has 1 fully saturated rings. The van der Waals surface area contributed by atoms with E-state index in [0.29, 0.717) is 18.4 Å². The number of benzene rings is 1. The summed E-state index contributed by atoms with van der Waals surface area (Å²) < 4.78 is 26.9. The van der Waals surface area contributed by atoms with E-state index in [4.69, 9.17) is 6.42 Å². The second kappa shape index (κ2) is 7.63. The first-order valence-electron chi connectivity index (χ1n) is 7.73. The minimum absolute atomic E-state index is 0.0723. The Kier molecular flexibility index (Phi) is 5.77. The molecule has 8 nitrogen and oxygen atoms in total. The van der Waals surface area contributed by atoms with E-state index in [1.165, 1.54) is 16.4 Å². The van der Waals surface area contributed by atoms with Crippen LogP contribution in [-0.2, 0) is 14.8 Å². The number of non-ortho nitro benzene ring substituents is 1. The van der Waals surface area contributed by atoms with Gasteiger partial charge < -0.3 is 5.32 Å². The molecule has 0 atom stereocenters. The van der Waals surface area contributed by atoms with Crippen LogP contribution >= 0.6 is 0 Å². The first-order chi connectivity index (χ1) is 11.8. The Morgan fingerprint density at radius 3 is 2.64 bits per heavy atom. The fourth-order valence-electron chi connectivity index (χ4n) is 2.76. The second-order valence-corrected chi connectivity index (χ2v) is 7.71. The number of carbonyl (C=O) groups is 1. The predicted octanol–water partition coefficient (Wildman–Crippen LogP) is 1.05. The summed E-state index contributed by atoms with van der Waals surface area (Å²) in [4.78, 5) is 22.1. The molecule has 0 unspecified atom stereocenters. The van der Waals surface area contributed by atoms with Crippen molar-refractivity contribution in [3.05, 3.63) is 33.9 Å². The van der Waals surface area contributed by atoms with E-state index in [9.17, 15) is 23.3 Å². The molecule has 0 aromatic heterocycles. The fraction of sp³-hybridized carbons (Fsp3) is 0.438. The van der Waals surface area contributed by atoms with Crippen molar-refractivity contribution in [2.45, 2.75) is 24.7 Å². The maximum absolute atomic E-state index is 12.8. The summed E-state index contributed by atoms with van der Waals surface area (Å²) in [7, 11) is -3.85. The van der Waals surface area contributed by atoms with Crippen molar-refractivity contribution in [1.29, 1.82) is 0 Å². The van der Waals surface area contributed by atoms with Gasteiger partial charge >= 0.3 is 0 Å². The van der Waals surface area contributed by atoms with Gasteiger partial charge in [-0.2, -0.15) is 4.31 Å². The number of nitro groups is 1. The third-order valence-corrected chi connectivity index (χ3v) is 6.23. The number of carbonyl (C=O) groups excluding carboxylic acids is 1. The zero-order valence-electron chi connectivity index (χ0n) is 13.8. The molecule has 0 spiro atoms. The number of amides is 1. The summed E-state index contributed by atoms with van der Waals surface area (Å²) in [6.45, 7) is 2.10. The number of sulfonamides is 1. The van der Waals surface area contributed by atoms with Gasteiger partial charge in [0.15, 0.2) is 0 Å². The fourth-order valence-corrected chi connectivity index (χ4v) is 4.47. The molecule has 134 valence electrons. The average molecular weight is 365 g/mol. The number of rotatable bonds is 5. The molecule has 0 bridgehead atoms. The maximum Gasteiger partial charge on any atom is 0.270 e. The van der Waals surface area contributed by atoms with Crippen LogP contribution in [0.15, 0.2) is 23.1 Å². The van der Waals surface area contributed by atoms with Gasteiger partial charge in [-0.1, -0.05) is 12.0 Å². The van der Waals surface area contributed by atoms with Crippen LogP contribution in [0.1, 0.15) is 18.4 Å². The van der Waals surface area contributed by atoms with Crippen LogP contribution in [0.25, 0.3) is 0 Å². The lowest BCUT2D eigenvalue weighted by molar-refractivity contribution is -0.385. The molecule has 1 amide bonds. The van der Waals surface area contributed by atoms with Gasteiger partial charge in [-0.05, 0) is 25.3 Å². The number of hydrogen-bond donors (Lipinski definition) is 1. The van der Waals surface area contributed by atoms with Crippen molar-refractivity contribution in [3.63, 3.8) is 0 Å². The third kappa shape index (κ3) is 4.15. The van der Waals surface area contributed by atoms with Gasteiger partial charge in [0.25, 0.3) is 5.69 Å². The number of aryl methyl sites for hydroxylation is 1. The molecule has 25 heavy (non-hydrogen) atoms. The molecule has 1 saturated heterocycles. The minimum Gasteiger partial charge on any atom is -0.345 e. The van der Waals surface area contributed by atoms with Crippen LogP contribution in [0.4, 0.5) is 5.69 Å². The van der Waals surface area contributed by atoms with Crippen LogP contribution in [0.5, 0.6) is 0 Å². The van der Waals surface area contributed by atoms with Crippen molar-refractivity contribution >= 4 is 21.6 Å². The Bertz CT molecular complexity index is 821. The highest BCUT2D eigenvalue weighted by Crippen LogP contribution is 2.28. The maximum atomic E-state index is 12.8. The normalized spacial score (nSPS) is 16.2. The first-order valence-corrected chi connectivity index (χ1v) is 9.17. The van der Waals surface area contributed by atoms with Crippen molar-refractivity contribution < 1.29 is 18.1 Å². The second-order valence-electron chi connectivity index (χ2n) is 5.81. The Balaban J connectivity index is 2.15. The van der Waals surface area contributed by atoms with Gasteiger partial charge in [0.2, 0.25) is 15.9 Å². The predicted molar refractivity (Wildman–Crippen MR) is 91.2 cm³/mol. The van der Waals surface area contributed by atoms with Crippen LogP contribution < -0.4 is 5.32 Å². The number of hydrogen-bond acceptors (Lipinski definition) is 5. The third-order valence-electron chi connectivity index (χ3n) is 4.19. The van der Waals surface area contributed by atoms with Gasteiger partial charge in [0.1, 0.15) is 0 Å². The van der Waals surface area contributed by atoms with Crippen molar-refractivity contribution in [2.24, 2.45) is 5.92 Å². The van der Waals surface area contributed by atoms with E-state index < -0.39 is 14.9 Å². The number of piperidine rings is 1. The quantitative estimate of drug-likeness (QED) is 0.476. The largest absolute Gasteiger partial charge is 0.345 e. The zero-order valence-corrected chi connectivity index (χ0v) is 14.6. The molecule has 1 aromatic rings. The van der Waals surface area contributed by atoms with Gasteiger partial charge in [-0.25, -0.2) is 8.42 Å². The molecule has 0 aliphatic carbocycles.